The van der Waals surface area contributed by atoms with Crippen LogP contribution in [0, 0.1) is 0 Å². The van der Waals surface area contributed by atoms with Gasteiger partial charge in [0.25, 0.3) is 0 Å². The molecule has 0 aromatic carbocycles. The van der Waals surface area contributed by atoms with E-state index in [1.165, 1.54) is 6.42 Å². The number of carbonyl (C=O) groups is 1. The summed E-state index contributed by atoms with van der Waals surface area (Å²) in [6.07, 6.45) is 7.21. The molecule has 3 N–H and O–H groups in total. The highest BCUT2D eigenvalue weighted by Gasteiger charge is 2.28. The van der Waals surface area contributed by atoms with Crippen molar-refractivity contribution in [3.8, 4) is 0 Å². The first-order valence-electron chi connectivity index (χ1n) is 7.28. The summed E-state index contributed by atoms with van der Waals surface area (Å²) >= 11 is 0. The van der Waals surface area contributed by atoms with Crippen LogP contribution >= 0.6 is 0 Å². The molecule has 1 atom stereocenters. The van der Waals surface area contributed by atoms with Crippen LogP contribution in [-0.2, 0) is 4.79 Å². The lowest BCUT2D eigenvalue weighted by molar-refractivity contribution is -0.121. The van der Waals surface area contributed by atoms with Gasteiger partial charge in [0.05, 0.1) is 12.1 Å². The van der Waals surface area contributed by atoms with E-state index in [0.29, 0.717) is 13.1 Å². The molecular formula is C14H28N2O2. The lowest BCUT2D eigenvalue weighted by atomic mass is 9.85. The molecule has 1 unspecified atom stereocenters. The summed E-state index contributed by atoms with van der Waals surface area (Å²) in [4.78, 5) is 11.6. The van der Waals surface area contributed by atoms with Gasteiger partial charge in [-0.05, 0) is 26.2 Å². The van der Waals surface area contributed by atoms with E-state index in [9.17, 15) is 9.90 Å². The third kappa shape index (κ3) is 5.83. The van der Waals surface area contributed by atoms with Crippen LogP contribution < -0.4 is 10.6 Å². The van der Waals surface area contributed by atoms with Gasteiger partial charge in [-0.25, -0.2) is 0 Å². The second kappa shape index (κ2) is 7.74. The Morgan fingerprint density at radius 3 is 2.61 bits per heavy atom. The molecule has 0 bridgehead atoms. The molecule has 4 heteroatoms. The number of aliphatic hydroxyl groups is 1. The Balaban J connectivity index is 2.14. The molecule has 1 rings (SSSR count). The number of hydrogen-bond acceptors (Lipinski definition) is 3. The summed E-state index contributed by atoms with van der Waals surface area (Å²) in [6, 6.07) is 0.238. The van der Waals surface area contributed by atoms with E-state index in [-0.39, 0.29) is 11.9 Å². The fraction of sp³-hybridized carbons (Fsp3) is 0.929. The quantitative estimate of drug-likeness (QED) is 0.648. The average Bonchev–Trinajstić information content (AvgIpc) is 2.29. The molecular weight excluding hydrogens is 228 g/mol. The fourth-order valence-electron chi connectivity index (χ4n) is 2.63. The molecule has 0 radical (unpaired) electrons. The van der Waals surface area contributed by atoms with Crippen molar-refractivity contribution in [1.82, 2.24) is 10.6 Å². The van der Waals surface area contributed by atoms with Gasteiger partial charge in [-0.2, -0.15) is 0 Å². The third-order valence-electron chi connectivity index (χ3n) is 3.65. The van der Waals surface area contributed by atoms with Crippen LogP contribution in [0.15, 0.2) is 0 Å². The molecule has 4 nitrogen and oxygen atoms in total. The van der Waals surface area contributed by atoms with Gasteiger partial charge in [0.15, 0.2) is 0 Å². The van der Waals surface area contributed by atoms with Crippen molar-refractivity contribution < 1.29 is 9.90 Å². The molecule has 106 valence electrons. The molecule has 0 heterocycles. The number of rotatable bonds is 7. The molecule has 1 aliphatic rings. The molecule has 18 heavy (non-hydrogen) atoms. The van der Waals surface area contributed by atoms with E-state index in [1.807, 2.05) is 6.92 Å². The second-order valence-corrected chi connectivity index (χ2v) is 5.65. The highest BCUT2D eigenvalue weighted by Crippen LogP contribution is 2.27. The monoisotopic (exact) mass is 256 g/mol. The van der Waals surface area contributed by atoms with E-state index in [0.717, 1.165) is 38.5 Å². The minimum absolute atomic E-state index is 0.0235. The van der Waals surface area contributed by atoms with Gasteiger partial charge < -0.3 is 15.7 Å². The van der Waals surface area contributed by atoms with Crippen LogP contribution in [0.4, 0.5) is 0 Å². The van der Waals surface area contributed by atoms with E-state index < -0.39 is 5.60 Å². The molecule has 0 aliphatic heterocycles. The maximum atomic E-state index is 11.6. The van der Waals surface area contributed by atoms with E-state index in [4.69, 9.17) is 0 Å². The van der Waals surface area contributed by atoms with Gasteiger partial charge in [0.1, 0.15) is 0 Å². The van der Waals surface area contributed by atoms with E-state index >= 15 is 0 Å². The third-order valence-corrected chi connectivity index (χ3v) is 3.65. The zero-order valence-electron chi connectivity index (χ0n) is 11.8. The van der Waals surface area contributed by atoms with Gasteiger partial charge in [-0.3, -0.25) is 4.79 Å². The Morgan fingerprint density at radius 2 is 2.00 bits per heavy atom. The summed E-state index contributed by atoms with van der Waals surface area (Å²) < 4.78 is 0. The summed E-state index contributed by atoms with van der Waals surface area (Å²) in [6.45, 7) is 4.97. The van der Waals surface area contributed by atoms with E-state index in [2.05, 4.69) is 17.6 Å². The van der Waals surface area contributed by atoms with Crippen molar-refractivity contribution in [1.29, 1.82) is 0 Å². The summed E-state index contributed by atoms with van der Waals surface area (Å²) in [5.74, 6) is 0.0235. The van der Waals surface area contributed by atoms with Crippen LogP contribution in [0.5, 0.6) is 0 Å². The molecule has 1 amide bonds. The van der Waals surface area contributed by atoms with Crippen LogP contribution in [0.1, 0.15) is 58.8 Å². The minimum atomic E-state index is -0.590. The number of nitrogens with one attached hydrogen (secondary N) is 2. The number of hydrogen-bond donors (Lipinski definition) is 3. The predicted octanol–water partition coefficient (Wildman–Crippen LogP) is 1.58. The van der Waals surface area contributed by atoms with Gasteiger partial charge >= 0.3 is 0 Å². The van der Waals surface area contributed by atoms with Crippen molar-refractivity contribution in [3.63, 3.8) is 0 Å². The lowest BCUT2D eigenvalue weighted by Crippen LogP contribution is -2.46. The molecule has 0 spiro atoms. The first kappa shape index (κ1) is 15.4. The maximum Gasteiger partial charge on any atom is 0.234 e. The lowest BCUT2D eigenvalue weighted by Gasteiger charge is -2.32. The van der Waals surface area contributed by atoms with Gasteiger partial charge in [0.2, 0.25) is 5.91 Å². The Labute approximate surface area is 111 Å². The highest BCUT2D eigenvalue weighted by atomic mass is 16.3. The van der Waals surface area contributed by atoms with Crippen LogP contribution in [0.25, 0.3) is 0 Å². The topological polar surface area (TPSA) is 61.4 Å². The van der Waals surface area contributed by atoms with Crippen molar-refractivity contribution in [3.05, 3.63) is 0 Å². The standard InChI is InChI=1S/C14H28N2O2/c1-3-7-12(2)16-13(17)10-15-11-14(18)8-5-4-6-9-14/h12,15,18H,3-11H2,1-2H3,(H,16,17). The molecule has 0 aromatic heterocycles. The van der Waals surface area contributed by atoms with Crippen LogP contribution in [0.2, 0.25) is 0 Å². The Kier molecular flexibility index (Phi) is 6.65. The van der Waals surface area contributed by atoms with Crippen LogP contribution in [0.3, 0.4) is 0 Å². The predicted molar refractivity (Wildman–Crippen MR) is 73.4 cm³/mol. The second-order valence-electron chi connectivity index (χ2n) is 5.65. The molecule has 1 fully saturated rings. The Bertz CT molecular complexity index is 250. The highest BCUT2D eigenvalue weighted by molar-refractivity contribution is 5.78. The molecule has 0 saturated heterocycles. The fourth-order valence-corrected chi connectivity index (χ4v) is 2.63. The number of carbonyl (C=O) groups excluding carboxylic acids is 1. The van der Waals surface area contributed by atoms with Gasteiger partial charge in [0, 0.05) is 12.6 Å². The minimum Gasteiger partial charge on any atom is -0.389 e. The van der Waals surface area contributed by atoms with Crippen molar-refractivity contribution in [2.24, 2.45) is 0 Å². The summed E-state index contributed by atoms with van der Waals surface area (Å²) in [5.41, 5.74) is -0.590. The first-order valence-corrected chi connectivity index (χ1v) is 7.28. The Hall–Kier alpha value is -0.610. The zero-order chi connectivity index (χ0) is 13.4. The molecule has 1 aliphatic carbocycles. The summed E-state index contributed by atoms with van der Waals surface area (Å²) in [5, 5.41) is 16.3. The van der Waals surface area contributed by atoms with Crippen LogP contribution in [-0.4, -0.2) is 35.7 Å². The Morgan fingerprint density at radius 1 is 1.33 bits per heavy atom. The summed E-state index contributed by atoms with van der Waals surface area (Å²) in [7, 11) is 0. The normalized spacial score (nSPS) is 20.4. The maximum absolute atomic E-state index is 11.6. The van der Waals surface area contributed by atoms with Gasteiger partial charge in [-0.1, -0.05) is 32.6 Å². The van der Waals surface area contributed by atoms with E-state index in [1.54, 1.807) is 0 Å². The average molecular weight is 256 g/mol. The zero-order valence-corrected chi connectivity index (χ0v) is 11.8. The largest absolute Gasteiger partial charge is 0.389 e. The van der Waals surface area contributed by atoms with Crippen molar-refractivity contribution in [2.75, 3.05) is 13.1 Å². The van der Waals surface area contributed by atoms with Crippen molar-refractivity contribution in [2.45, 2.75) is 70.4 Å². The van der Waals surface area contributed by atoms with Crippen molar-refractivity contribution >= 4 is 5.91 Å². The number of amides is 1. The SMILES string of the molecule is CCCC(C)NC(=O)CNCC1(O)CCCCC1. The first-order chi connectivity index (χ1) is 8.56. The molecule has 0 aromatic rings. The van der Waals surface area contributed by atoms with Gasteiger partial charge in [-0.15, -0.1) is 0 Å². The smallest absolute Gasteiger partial charge is 0.234 e. The molecule has 1 saturated carbocycles.